The van der Waals surface area contributed by atoms with Crippen LogP contribution in [0, 0.1) is 5.92 Å². The molecule has 0 saturated heterocycles. The monoisotopic (exact) mass is 525 g/mol. The van der Waals surface area contributed by atoms with Gasteiger partial charge < -0.3 is 0 Å². The van der Waals surface area contributed by atoms with Crippen molar-refractivity contribution in [1.82, 2.24) is 16.0 Å². The van der Waals surface area contributed by atoms with Gasteiger partial charge in [0.2, 0.25) is 0 Å². The van der Waals surface area contributed by atoms with Crippen LogP contribution in [0.1, 0.15) is 43.2 Å². The van der Waals surface area contributed by atoms with Crippen LogP contribution in [0.2, 0.25) is 0 Å². The Morgan fingerprint density at radius 2 is 0.897 bits per heavy atom. The van der Waals surface area contributed by atoms with Crippen molar-refractivity contribution in [1.29, 1.82) is 0 Å². The zero-order chi connectivity index (χ0) is 27.8. The van der Waals surface area contributed by atoms with Crippen molar-refractivity contribution in [2.75, 3.05) is 0 Å². The molecule has 198 valence electrons. The summed E-state index contributed by atoms with van der Waals surface area (Å²) in [6.07, 6.45) is 9.86. The summed E-state index contributed by atoms with van der Waals surface area (Å²) in [7, 11) is 0. The van der Waals surface area contributed by atoms with Gasteiger partial charge >= 0.3 is 0 Å². The lowest BCUT2D eigenvalue weighted by atomic mass is 9.84. The highest BCUT2D eigenvalue weighted by molar-refractivity contribution is 6.34. The predicted molar refractivity (Wildman–Crippen MR) is 143 cm³/mol. The van der Waals surface area contributed by atoms with E-state index in [1.807, 2.05) is 36.4 Å². The van der Waals surface area contributed by atoms with Gasteiger partial charge in [-0.05, 0) is 29.9 Å². The first-order valence-corrected chi connectivity index (χ1v) is 12.6. The van der Waals surface area contributed by atoms with Crippen molar-refractivity contribution >= 4 is 46.6 Å². The topological polar surface area (TPSA) is 139 Å². The lowest BCUT2D eigenvalue weighted by molar-refractivity contribution is -0.125. The van der Waals surface area contributed by atoms with Crippen LogP contribution in [-0.4, -0.2) is 35.4 Å². The SMILES string of the molecule is O=C1C=C(C2CCCCC2)C(=O)N1.O=C1C=C(c2ccccc2)C(=O)N1.O=C1C=C(c2ccccc2)C(=O)N1. The summed E-state index contributed by atoms with van der Waals surface area (Å²) in [6, 6.07) is 18.2. The number of amides is 6. The first-order valence-electron chi connectivity index (χ1n) is 12.6. The highest BCUT2D eigenvalue weighted by Gasteiger charge is 2.28. The highest BCUT2D eigenvalue weighted by atomic mass is 16.2. The second-order valence-electron chi connectivity index (χ2n) is 9.24. The summed E-state index contributed by atoms with van der Waals surface area (Å²) in [5.74, 6) is -1.41. The Morgan fingerprint density at radius 1 is 0.487 bits per heavy atom. The van der Waals surface area contributed by atoms with Gasteiger partial charge in [-0.2, -0.15) is 0 Å². The van der Waals surface area contributed by atoms with E-state index in [0.717, 1.165) is 24.0 Å². The van der Waals surface area contributed by atoms with Crippen LogP contribution in [-0.2, 0) is 28.8 Å². The lowest BCUT2D eigenvalue weighted by Gasteiger charge is -2.21. The van der Waals surface area contributed by atoms with Crippen molar-refractivity contribution < 1.29 is 28.8 Å². The maximum absolute atomic E-state index is 11.3. The van der Waals surface area contributed by atoms with Crippen LogP contribution in [0.4, 0.5) is 0 Å². The molecule has 39 heavy (non-hydrogen) atoms. The van der Waals surface area contributed by atoms with Gasteiger partial charge in [0, 0.05) is 23.8 Å². The van der Waals surface area contributed by atoms with Crippen molar-refractivity contribution in [3.8, 4) is 0 Å². The maximum atomic E-state index is 11.3. The molecule has 4 aliphatic rings. The molecule has 3 aliphatic heterocycles. The molecule has 1 saturated carbocycles. The summed E-state index contributed by atoms with van der Waals surface area (Å²) in [5.41, 5.74) is 3.12. The average Bonchev–Trinajstić information content (AvgIpc) is 3.60. The van der Waals surface area contributed by atoms with Gasteiger partial charge in [-0.3, -0.25) is 44.7 Å². The molecule has 0 aromatic heterocycles. The fraction of sp³-hybridized carbons (Fsp3) is 0.200. The van der Waals surface area contributed by atoms with E-state index in [2.05, 4.69) is 16.0 Å². The van der Waals surface area contributed by atoms with Crippen LogP contribution in [0.15, 0.2) is 84.5 Å². The molecule has 3 heterocycles. The molecule has 0 atom stereocenters. The molecule has 0 spiro atoms. The standard InChI is InChI=1S/C10H13NO2.2C10H7NO2/c3*12-9-6-8(10(13)11-9)7-4-2-1-3-5-7/h6-7H,1-5H2,(H,11,12,13);2*1-6H,(H,11,12,13). The number of hydrogen-bond donors (Lipinski definition) is 3. The Labute approximate surface area is 225 Å². The van der Waals surface area contributed by atoms with Gasteiger partial charge in [-0.25, -0.2) is 0 Å². The number of imide groups is 3. The fourth-order valence-electron chi connectivity index (χ4n) is 4.63. The summed E-state index contributed by atoms with van der Waals surface area (Å²) in [6.45, 7) is 0. The van der Waals surface area contributed by atoms with Crippen molar-refractivity contribution in [3.05, 3.63) is 95.6 Å². The quantitative estimate of drug-likeness (QED) is 0.527. The Morgan fingerprint density at radius 3 is 1.26 bits per heavy atom. The van der Waals surface area contributed by atoms with Gasteiger partial charge in [0.15, 0.2) is 0 Å². The molecule has 6 amide bonds. The van der Waals surface area contributed by atoms with E-state index < -0.39 is 0 Å². The third kappa shape index (κ3) is 7.10. The molecular formula is C30H27N3O6. The first kappa shape index (κ1) is 27.1. The molecule has 3 N–H and O–H groups in total. The Kier molecular flexibility index (Phi) is 8.73. The molecule has 9 heteroatoms. The largest absolute Gasteiger partial charge is 0.289 e. The summed E-state index contributed by atoms with van der Waals surface area (Å²) in [5, 5.41) is 6.68. The van der Waals surface area contributed by atoms with Crippen molar-refractivity contribution in [2.24, 2.45) is 5.92 Å². The van der Waals surface area contributed by atoms with Crippen LogP contribution >= 0.6 is 0 Å². The van der Waals surface area contributed by atoms with E-state index in [9.17, 15) is 28.8 Å². The van der Waals surface area contributed by atoms with Gasteiger partial charge in [0.05, 0.1) is 11.1 Å². The first-order chi connectivity index (χ1) is 18.8. The highest BCUT2D eigenvalue weighted by Crippen LogP contribution is 2.30. The zero-order valence-corrected chi connectivity index (χ0v) is 21.1. The third-order valence-corrected chi connectivity index (χ3v) is 6.51. The lowest BCUT2D eigenvalue weighted by Crippen LogP contribution is -2.24. The number of benzene rings is 2. The van der Waals surface area contributed by atoms with Crippen LogP contribution < -0.4 is 16.0 Å². The van der Waals surface area contributed by atoms with Crippen molar-refractivity contribution in [2.45, 2.75) is 32.1 Å². The normalized spacial score (nSPS) is 18.5. The molecule has 0 radical (unpaired) electrons. The molecule has 9 nitrogen and oxygen atoms in total. The summed E-state index contributed by atoms with van der Waals surface area (Å²) < 4.78 is 0. The van der Waals surface area contributed by atoms with Gasteiger partial charge in [-0.15, -0.1) is 0 Å². The van der Waals surface area contributed by atoms with Crippen LogP contribution in [0.5, 0.6) is 0 Å². The maximum Gasteiger partial charge on any atom is 0.258 e. The van der Waals surface area contributed by atoms with E-state index in [-0.39, 0.29) is 35.4 Å². The molecular weight excluding hydrogens is 498 g/mol. The number of carbonyl (C=O) groups excluding carboxylic acids is 6. The van der Waals surface area contributed by atoms with Crippen LogP contribution in [0.25, 0.3) is 11.1 Å². The number of carbonyl (C=O) groups is 6. The number of hydrogen-bond acceptors (Lipinski definition) is 6. The minimum absolute atomic E-state index is 0.170. The Bertz CT molecular complexity index is 1320. The molecule has 0 bridgehead atoms. The fourth-order valence-corrected chi connectivity index (χ4v) is 4.63. The van der Waals surface area contributed by atoms with E-state index in [1.54, 1.807) is 24.3 Å². The molecule has 2 aromatic carbocycles. The van der Waals surface area contributed by atoms with Gasteiger partial charge in [0.1, 0.15) is 0 Å². The third-order valence-electron chi connectivity index (χ3n) is 6.51. The van der Waals surface area contributed by atoms with E-state index in [0.29, 0.717) is 22.6 Å². The Hall–Kier alpha value is -4.92. The van der Waals surface area contributed by atoms with E-state index >= 15 is 0 Å². The summed E-state index contributed by atoms with van der Waals surface area (Å²) in [4.78, 5) is 66.2. The Balaban J connectivity index is 0.000000136. The molecule has 0 unspecified atom stereocenters. The minimum atomic E-state index is -0.344. The van der Waals surface area contributed by atoms with E-state index in [4.69, 9.17) is 0 Å². The van der Waals surface area contributed by atoms with Crippen LogP contribution in [0.3, 0.4) is 0 Å². The molecule has 1 aliphatic carbocycles. The number of nitrogens with one attached hydrogen (secondary N) is 3. The second kappa shape index (κ2) is 12.6. The predicted octanol–water partition coefficient (Wildman–Crippen LogP) is 2.60. The van der Waals surface area contributed by atoms with Gasteiger partial charge in [0.25, 0.3) is 35.4 Å². The molecule has 1 fully saturated rings. The van der Waals surface area contributed by atoms with E-state index in [1.165, 1.54) is 37.5 Å². The molecule has 6 rings (SSSR count). The number of rotatable bonds is 3. The zero-order valence-electron chi connectivity index (χ0n) is 21.1. The summed E-state index contributed by atoms with van der Waals surface area (Å²) >= 11 is 0. The van der Waals surface area contributed by atoms with Crippen molar-refractivity contribution in [3.63, 3.8) is 0 Å². The molecule has 2 aromatic rings. The second-order valence-corrected chi connectivity index (χ2v) is 9.24. The average molecular weight is 526 g/mol. The minimum Gasteiger partial charge on any atom is -0.289 e. The van der Waals surface area contributed by atoms with Gasteiger partial charge in [-0.1, -0.05) is 79.9 Å². The smallest absolute Gasteiger partial charge is 0.258 e.